The van der Waals surface area contributed by atoms with E-state index in [-0.39, 0.29) is 50.0 Å². The lowest BCUT2D eigenvalue weighted by atomic mass is 9.87. The molecule has 340 valence electrons. The van der Waals surface area contributed by atoms with Crippen molar-refractivity contribution >= 4 is 40.9 Å². The van der Waals surface area contributed by atoms with Crippen molar-refractivity contribution in [1.29, 1.82) is 0 Å². The molecule has 0 saturated carbocycles. The highest BCUT2D eigenvalue weighted by Gasteiger charge is 2.23. The second-order valence-corrected chi connectivity index (χ2v) is 16.1. The van der Waals surface area contributed by atoms with Gasteiger partial charge < -0.3 is 50.0 Å². The molecule has 0 saturated heterocycles. The minimum absolute atomic E-state index is 0.0475. The van der Waals surface area contributed by atoms with Gasteiger partial charge in [-0.05, 0) is 92.3 Å². The van der Waals surface area contributed by atoms with E-state index in [9.17, 15) is 14.4 Å². The molecule has 5 rings (SSSR count). The number of aromatic nitrogens is 1. The summed E-state index contributed by atoms with van der Waals surface area (Å²) in [6.45, 7) is 8.47. The van der Waals surface area contributed by atoms with Crippen molar-refractivity contribution in [1.82, 2.24) is 15.6 Å². The standard InChI is InChI=1S/C48H63N5O9S/c1-3-53(4-2)40-15-16-44(42(31-40)45-30-38(17-19-49-45)48(58)51-43-14-8-11-36-10-5-6-13-41(36)43)52-47(57)37-12-7-9-35(29-37)34-63-28-27-62-26-25-61-24-23-60-22-21-59-20-18-46(56)50-39(32-54)33-55/h5-7,9-10,12-13,15-17,19,29-31,39,43,54-55H,3-4,8,11,14,18,20-28,32-34H2,1-2H3,(H,50,56)(H,51,58)(H,52,57)/t43-/m0/s1. The predicted octanol–water partition coefficient (Wildman–Crippen LogP) is 5.81. The van der Waals surface area contributed by atoms with Gasteiger partial charge in [0.2, 0.25) is 5.91 Å². The quantitative estimate of drug-likeness (QED) is 0.0433. The van der Waals surface area contributed by atoms with Crippen LogP contribution in [0.3, 0.4) is 0 Å². The molecule has 3 aromatic carbocycles. The van der Waals surface area contributed by atoms with E-state index in [4.69, 9.17) is 29.2 Å². The van der Waals surface area contributed by atoms with Gasteiger partial charge in [0.15, 0.2) is 0 Å². The second-order valence-electron chi connectivity index (χ2n) is 15.0. The van der Waals surface area contributed by atoms with Gasteiger partial charge in [-0.3, -0.25) is 19.4 Å². The highest BCUT2D eigenvalue weighted by Crippen LogP contribution is 2.33. The average molecular weight is 886 g/mol. The van der Waals surface area contributed by atoms with Gasteiger partial charge in [-0.1, -0.05) is 36.4 Å². The van der Waals surface area contributed by atoms with Gasteiger partial charge in [0.05, 0.1) is 89.5 Å². The third kappa shape index (κ3) is 16.0. The molecule has 0 aliphatic heterocycles. The van der Waals surface area contributed by atoms with Crippen LogP contribution < -0.4 is 20.9 Å². The third-order valence-corrected chi connectivity index (χ3v) is 11.6. The maximum atomic E-state index is 13.8. The lowest BCUT2D eigenvalue weighted by Crippen LogP contribution is -2.40. The van der Waals surface area contributed by atoms with E-state index < -0.39 is 6.04 Å². The monoisotopic (exact) mass is 885 g/mol. The Morgan fingerprint density at radius 1 is 0.794 bits per heavy atom. The molecule has 3 amide bonds. The Bertz CT molecular complexity index is 2030. The molecule has 1 aliphatic carbocycles. The highest BCUT2D eigenvalue weighted by atomic mass is 32.2. The van der Waals surface area contributed by atoms with Crippen molar-refractivity contribution in [2.45, 2.75) is 57.4 Å². The Hall–Kier alpha value is -4.87. The summed E-state index contributed by atoms with van der Waals surface area (Å²) in [5.74, 6) is 0.817. The SMILES string of the molecule is CCN(CC)c1ccc(NC(=O)c2cccc(CSCCOCCOCCOCCOCCC(=O)NC(CO)CO)c2)c(-c2cc(C(=O)N[C@H]3CCCc4ccccc43)ccn2)c1. The summed E-state index contributed by atoms with van der Waals surface area (Å²) in [5, 5.41) is 26.9. The molecule has 1 atom stereocenters. The number of carbonyl (C=O) groups is 3. The summed E-state index contributed by atoms with van der Waals surface area (Å²) in [4.78, 5) is 46.0. The molecule has 63 heavy (non-hydrogen) atoms. The van der Waals surface area contributed by atoms with Crippen LogP contribution in [0.2, 0.25) is 0 Å². The molecule has 0 fully saturated rings. The zero-order chi connectivity index (χ0) is 44.7. The number of aliphatic hydroxyl groups is 2. The van der Waals surface area contributed by atoms with Crippen LogP contribution in [-0.4, -0.2) is 124 Å². The zero-order valence-corrected chi connectivity index (χ0v) is 37.3. The molecule has 0 spiro atoms. The van der Waals surface area contributed by atoms with Crippen molar-refractivity contribution in [3.63, 3.8) is 0 Å². The number of hydrogen-bond acceptors (Lipinski definition) is 12. The van der Waals surface area contributed by atoms with Crippen molar-refractivity contribution in [2.75, 3.05) is 95.1 Å². The first-order valence-corrected chi connectivity index (χ1v) is 23.0. The molecular weight excluding hydrogens is 823 g/mol. The summed E-state index contributed by atoms with van der Waals surface area (Å²) in [6.07, 6.45) is 4.72. The molecule has 1 heterocycles. The van der Waals surface area contributed by atoms with Crippen molar-refractivity contribution in [2.24, 2.45) is 0 Å². The van der Waals surface area contributed by atoms with E-state index >= 15 is 0 Å². The number of aryl methyl sites for hydroxylation is 1. The molecule has 4 aromatic rings. The van der Waals surface area contributed by atoms with Gasteiger partial charge in [0, 0.05) is 59.6 Å². The molecule has 1 aliphatic rings. The molecule has 0 radical (unpaired) electrons. The van der Waals surface area contributed by atoms with Crippen molar-refractivity contribution < 1.29 is 43.5 Å². The van der Waals surface area contributed by atoms with Crippen LogP contribution in [0.4, 0.5) is 11.4 Å². The van der Waals surface area contributed by atoms with E-state index in [1.165, 1.54) is 11.1 Å². The van der Waals surface area contributed by atoms with Gasteiger partial charge in [0.25, 0.3) is 11.8 Å². The highest BCUT2D eigenvalue weighted by molar-refractivity contribution is 7.98. The van der Waals surface area contributed by atoms with Gasteiger partial charge in [-0.2, -0.15) is 11.8 Å². The molecular formula is C48H63N5O9S. The van der Waals surface area contributed by atoms with E-state index in [0.29, 0.717) is 68.8 Å². The number of pyridine rings is 1. The Kier molecular flexibility index (Phi) is 21.3. The average Bonchev–Trinajstić information content (AvgIpc) is 3.31. The minimum Gasteiger partial charge on any atom is -0.394 e. The van der Waals surface area contributed by atoms with E-state index in [1.807, 2.05) is 54.6 Å². The zero-order valence-electron chi connectivity index (χ0n) is 36.5. The third-order valence-electron chi connectivity index (χ3n) is 10.6. The Morgan fingerprint density at radius 2 is 1.49 bits per heavy atom. The summed E-state index contributed by atoms with van der Waals surface area (Å²) < 4.78 is 22.1. The topological polar surface area (TPSA) is 181 Å². The Morgan fingerprint density at radius 3 is 2.22 bits per heavy atom. The largest absolute Gasteiger partial charge is 0.394 e. The number of nitrogens with zero attached hydrogens (tertiary/aromatic N) is 2. The lowest BCUT2D eigenvalue weighted by Gasteiger charge is -2.26. The summed E-state index contributed by atoms with van der Waals surface area (Å²) >= 11 is 1.72. The number of aliphatic hydroxyl groups excluding tert-OH is 2. The van der Waals surface area contributed by atoms with Gasteiger partial charge in [-0.15, -0.1) is 0 Å². The molecule has 1 aromatic heterocycles. The Labute approximate surface area is 375 Å². The van der Waals surface area contributed by atoms with E-state index in [1.54, 1.807) is 30.1 Å². The fourth-order valence-corrected chi connectivity index (χ4v) is 7.98. The number of carbonyl (C=O) groups excluding carboxylic acids is 3. The summed E-state index contributed by atoms with van der Waals surface area (Å²) in [7, 11) is 0. The number of hydrogen-bond donors (Lipinski definition) is 5. The minimum atomic E-state index is -0.655. The number of ether oxygens (including phenoxy) is 4. The number of nitrogens with one attached hydrogen (secondary N) is 3. The Balaban J connectivity index is 1.04. The number of anilines is 2. The van der Waals surface area contributed by atoms with E-state index in [2.05, 4.69) is 51.8 Å². The van der Waals surface area contributed by atoms with Crippen LogP contribution in [0, 0.1) is 0 Å². The fourth-order valence-electron chi connectivity index (χ4n) is 7.18. The molecule has 15 heteroatoms. The number of rotatable bonds is 28. The van der Waals surface area contributed by atoms with E-state index in [0.717, 1.165) is 60.7 Å². The van der Waals surface area contributed by atoms with Gasteiger partial charge in [0.1, 0.15) is 0 Å². The second kappa shape index (κ2) is 27.3. The first-order valence-electron chi connectivity index (χ1n) is 21.9. The van der Waals surface area contributed by atoms with Crippen LogP contribution >= 0.6 is 11.8 Å². The van der Waals surface area contributed by atoms with Crippen LogP contribution in [0.25, 0.3) is 11.3 Å². The van der Waals surface area contributed by atoms with Crippen molar-refractivity contribution in [3.8, 4) is 11.3 Å². The first kappa shape index (κ1) is 49.2. The maximum absolute atomic E-state index is 13.8. The van der Waals surface area contributed by atoms with Crippen LogP contribution in [0.15, 0.2) is 85.1 Å². The first-order chi connectivity index (χ1) is 30.8. The smallest absolute Gasteiger partial charge is 0.255 e. The predicted molar refractivity (Wildman–Crippen MR) is 247 cm³/mol. The van der Waals surface area contributed by atoms with Gasteiger partial charge >= 0.3 is 0 Å². The summed E-state index contributed by atoms with van der Waals surface area (Å²) in [5.41, 5.74) is 7.47. The van der Waals surface area contributed by atoms with Crippen LogP contribution in [0.1, 0.15) is 76.6 Å². The maximum Gasteiger partial charge on any atom is 0.255 e. The number of benzene rings is 3. The van der Waals surface area contributed by atoms with Crippen LogP contribution in [0.5, 0.6) is 0 Å². The van der Waals surface area contributed by atoms with Crippen molar-refractivity contribution in [3.05, 3.63) is 113 Å². The fraction of sp³-hybridized carbons (Fsp3) is 0.458. The van der Waals surface area contributed by atoms with Crippen LogP contribution in [-0.2, 0) is 35.9 Å². The normalized spacial score (nSPS) is 13.4. The molecule has 0 bridgehead atoms. The lowest BCUT2D eigenvalue weighted by molar-refractivity contribution is -0.123. The van der Waals surface area contributed by atoms with Gasteiger partial charge in [-0.25, -0.2) is 0 Å². The molecule has 14 nitrogen and oxygen atoms in total. The molecule has 5 N–H and O–H groups in total. The number of thioether (sulfide) groups is 1. The molecule has 0 unspecified atom stereocenters. The number of fused-ring (bicyclic) bond motifs is 1. The number of amides is 3. The summed E-state index contributed by atoms with van der Waals surface area (Å²) in [6, 6.07) is 24.7.